The van der Waals surface area contributed by atoms with Crippen molar-refractivity contribution in [3.05, 3.63) is 90.1 Å². The monoisotopic (exact) mass is 1990 g/mol. The fourth-order valence-electron chi connectivity index (χ4n) is 17.3. The Balaban J connectivity index is 1.02. The summed E-state index contributed by atoms with van der Waals surface area (Å²) in [4.78, 5) is 262. The van der Waals surface area contributed by atoms with Crippen LogP contribution in [0.4, 0.5) is 0 Å². The lowest BCUT2D eigenvalue weighted by Crippen LogP contribution is -2.61. The van der Waals surface area contributed by atoms with Gasteiger partial charge in [-0.15, -0.1) is 0 Å². The maximum Gasteiger partial charge on any atom is 0.317 e. The third kappa shape index (κ3) is 43.9. The van der Waals surface area contributed by atoms with Crippen molar-refractivity contribution >= 4 is 123 Å². The number of nitrogens with two attached hydrogens (primary N) is 2. The predicted octanol–water partition coefficient (Wildman–Crippen LogP) is 0.294. The Hall–Kier alpha value is -13.2. The molecule has 7 rings (SSSR count). The van der Waals surface area contributed by atoms with Crippen LogP contribution in [-0.2, 0) is 115 Å². The van der Waals surface area contributed by atoms with Crippen molar-refractivity contribution in [2.24, 2.45) is 11.5 Å². The highest BCUT2D eigenvalue weighted by Crippen LogP contribution is 2.28. The van der Waals surface area contributed by atoms with E-state index < -0.39 is 193 Å². The number of hydrogen-bond acceptors (Lipinski definition) is 24. The summed E-state index contributed by atoms with van der Waals surface area (Å²) in [7, 11) is 0. The summed E-state index contributed by atoms with van der Waals surface area (Å²) in [6, 6.07) is -0.971. The van der Waals surface area contributed by atoms with Gasteiger partial charge in [0.15, 0.2) is 5.96 Å². The van der Waals surface area contributed by atoms with Gasteiger partial charge in [-0.25, -0.2) is 4.98 Å². The van der Waals surface area contributed by atoms with Crippen LogP contribution in [0.2, 0.25) is 0 Å². The van der Waals surface area contributed by atoms with Crippen LogP contribution in [0.25, 0.3) is 10.9 Å². The van der Waals surface area contributed by atoms with E-state index in [1.807, 2.05) is 0 Å². The lowest BCUT2D eigenvalue weighted by Gasteiger charge is -2.34. The number of aromatic amines is 2. The molecule has 3 aliphatic rings. The Morgan fingerprint density at radius 3 is 1.73 bits per heavy atom. The SMILES string of the molecule is CC(=O)NC1CCC(=O)NCCCC(C(=O)N2CCCC2C(=O)N2CCCC2C(=O)NC(CC(=O)O)C(=O)NC(CCCCN(CC(=O)O)CC(=O)O)C(=O)NC(CCCCNCCOCCOCCNC(=O)CCCCCCCCCCCCCCC(=O)O)C(N)=O)NC(=O)C(Cc2c[nH]c3ccccc23)NC(=O)C(CCCNC(=N)N)NC(=O)C(Cc2ccccc2)NC(=O)C(Cc2cnc[nH]2)NC1=O. The van der Waals surface area contributed by atoms with Crippen molar-refractivity contribution in [2.45, 2.75) is 292 Å². The summed E-state index contributed by atoms with van der Waals surface area (Å²) in [6.07, 6.45) is 16.0. The van der Waals surface area contributed by atoms with Crippen LogP contribution in [0.5, 0.6) is 0 Å². The first kappa shape index (κ1) is 116. The Morgan fingerprint density at radius 2 is 1.10 bits per heavy atom. The Kier molecular flexibility index (Phi) is 52.4. The normalized spacial score (nSPS) is 19.2. The van der Waals surface area contributed by atoms with E-state index >= 15 is 24.0 Å². The van der Waals surface area contributed by atoms with Gasteiger partial charge >= 0.3 is 23.9 Å². The zero-order valence-electron chi connectivity index (χ0n) is 81.1. The molecular formula is C96H146N22O24. The van der Waals surface area contributed by atoms with E-state index in [0.29, 0.717) is 93.0 Å². The van der Waals surface area contributed by atoms with Crippen LogP contribution in [0.3, 0.4) is 0 Å². The molecule has 11 unspecified atom stereocenters. The number of carboxylic acid groups (broad SMARTS) is 4. The predicted molar refractivity (Wildman–Crippen MR) is 518 cm³/mol. The minimum absolute atomic E-state index is 0.00560. The number of carbonyl (C=O) groups excluding carboxylic acids is 14. The third-order valence-corrected chi connectivity index (χ3v) is 24.7. The molecule has 2 aromatic heterocycles. The number of unbranched alkanes of at least 4 members (excludes halogenated alkanes) is 13. The molecule has 46 nitrogen and oxygen atoms in total. The maximum absolute atomic E-state index is 15.7. The Morgan fingerprint density at radius 1 is 0.528 bits per heavy atom. The first-order chi connectivity index (χ1) is 68.2. The van der Waals surface area contributed by atoms with Gasteiger partial charge in [0.1, 0.15) is 66.5 Å². The van der Waals surface area contributed by atoms with Crippen LogP contribution in [0, 0.1) is 5.41 Å². The van der Waals surface area contributed by atoms with Crippen LogP contribution in [0.15, 0.2) is 73.3 Å². The topological polar surface area (TPSA) is 693 Å². The molecule has 24 N–H and O–H groups in total. The number of rotatable bonds is 60. The summed E-state index contributed by atoms with van der Waals surface area (Å²) in [6.45, 7) is 1.98. The van der Waals surface area contributed by atoms with Gasteiger partial charge in [-0.1, -0.05) is 113 Å². The molecule has 3 saturated heterocycles. The minimum Gasteiger partial charge on any atom is -0.481 e. The average molecular weight is 1990 g/mol. The highest BCUT2D eigenvalue weighted by atomic mass is 16.5. The van der Waals surface area contributed by atoms with E-state index in [1.54, 1.807) is 60.8 Å². The number of imidazole rings is 1. The van der Waals surface area contributed by atoms with Gasteiger partial charge in [0, 0.05) is 114 Å². The molecule has 0 saturated carbocycles. The highest BCUT2D eigenvalue weighted by molar-refractivity contribution is 6.01. The Labute approximate surface area is 825 Å². The summed E-state index contributed by atoms with van der Waals surface area (Å²) in [5, 5.41) is 82.0. The van der Waals surface area contributed by atoms with E-state index in [2.05, 4.69) is 84.1 Å². The molecule has 14 amide bonds. The lowest BCUT2D eigenvalue weighted by atomic mass is 10.0. The van der Waals surface area contributed by atoms with E-state index in [0.717, 1.165) is 63.2 Å². The number of aromatic nitrogens is 3. The molecule has 4 aromatic rings. The number of hydrogen-bond donors (Lipinski definition) is 22. The molecule has 0 spiro atoms. The van der Waals surface area contributed by atoms with Crippen molar-refractivity contribution in [3.63, 3.8) is 0 Å². The number of benzene rings is 2. The van der Waals surface area contributed by atoms with Gasteiger partial charge in [0.05, 0.1) is 52.3 Å². The standard InChI is InChI=1S/C96H146N22O24/c1-62(119)107-71-39-40-80(121)102-42-24-34-72(111-90(135)74(54-64-57-105-67-30-18-17-29-66(64)67)113-87(132)70(33-23-43-104-96(98)99)110-89(134)73(53-63-27-13-12-14-28-63)112-91(136)75(114-88(71)133)55-65-58-101-61-106-65)94(139)118-48-26-36-78(118)95(140)117-47-25-35-77(117)93(138)115-76(56-82(124)125)92(137)109-69(32-20-22-46-116(59-83(126)127)60-84(128)129)86(131)108-68(85(97)130)31-19-21-41-100-44-49-141-51-52-142-50-45-103-79(120)37-15-10-8-6-4-2-3-5-7-9-11-16-38-81(122)123/h12-14,17-18,27-30,57-58,61,68-78,100,105H,2-11,15-16,19-26,31-56,59-60H2,1H3,(H2,97,130)(H,101,106)(H,102,121)(H,103,120)(H,107,119)(H,108,131)(H,109,137)(H,110,134)(H,111,135)(H,112,136)(H,113,132)(H,114,133)(H,115,138)(H,122,123)(H,124,125)(H,126,127)(H,128,129)(H4,98,99,104). The van der Waals surface area contributed by atoms with Crippen molar-refractivity contribution < 1.29 is 116 Å². The number of fused-ring (bicyclic) bond motifs is 1. The first-order valence-electron chi connectivity index (χ1n) is 49.5. The van der Waals surface area contributed by atoms with Crippen molar-refractivity contribution in [1.29, 1.82) is 5.41 Å². The molecule has 784 valence electrons. The maximum atomic E-state index is 15.7. The number of nitrogens with zero attached hydrogens (tertiary/aromatic N) is 4. The molecule has 3 aliphatic heterocycles. The van der Waals surface area contributed by atoms with E-state index in [-0.39, 0.29) is 154 Å². The summed E-state index contributed by atoms with van der Waals surface area (Å²) < 4.78 is 11.3. The number of para-hydroxylation sites is 1. The molecule has 2 aromatic carbocycles. The summed E-state index contributed by atoms with van der Waals surface area (Å²) in [5.74, 6) is -16.9. The number of nitrogens with one attached hydrogen (secondary N) is 16. The van der Waals surface area contributed by atoms with Crippen molar-refractivity contribution in [2.75, 3.05) is 91.9 Å². The highest BCUT2D eigenvalue weighted by Gasteiger charge is 2.46. The molecule has 0 aliphatic carbocycles. The van der Waals surface area contributed by atoms with Crippen LogP contribution in [0.1, 0.15) is 223 Å². The Bertz CT molecular complexity index is 4740. The molecule has 142 heavy (non-hydrogen) atoms. The van der Waals surface area contributed by atoms with E-state index in [9.17, 15) is 77.6 Å². The molecule has 0 bridgehead atoms. The molecule has 46 heteroatoms. The van der Waals surface area contributed by atoms with E-state index in [4.69, 9.17) is 31.5 Å². The number of carbonyl (C=O) groups is 18. The number of likely N-dealkylation sites (tertiary alicyclic amines) is 2. The van der Waals surface area contributed by atoms with Gasteiger partial charge in [0.2, 0.25) is 82.7 Å². The number of primary amides is 1. The van der Waals surface area contributed by atoms with Gasteiger partial charge in [-0.05, 0) is 139 Å². The second kappa shape index (κ2) is 64.2. The third-order valence-electron chi connectivity index (χ3n) is 24.7. The molecule has 0 radical (unpaired) electrons. The lowest BCUT2D eigenvalue weighted by molar-refractivity contribution is -0.148. The van der Waals surface area contributed by atoms with Crippen molar-refractivity contribution in [3.8, 4) is 0 Å². The number of guanidine groups is 1. The largest absolute Gasteiger partial charge is 0.481 e. The molecule has 11 atom stereocenters. The average Bonchev–Trinajstić information content (AvgIpc) is 1.64. The summed E-state index contributed by atoms with van der Waals surface area (Å²) in [5.41, 5.74) is 13.6. The van der Waals surface area contributed by atoms with Crippen molar-refractivity contribution in [1.82, 2.24) is 98.8 Å². The second-order valence-corrected chi connectivity index (χ2v) is 36.1. The van der Waals surface area contributed by atoms with Gasteiger partial charge in [-0.3, -0.25) is 96.6 Å². The number of carboxylic acids is 4. The van der Waals surface area contributed by atoms with Crippen LogP contribution >= 0.6 is 0 Å². The summed E-state index contributed by atoms with van der Waals surface area (Å²) >= 11 is 0. The van der Waals surface area contributed by atoms with Gasteiger partial charge in [-0.2, -0.15) is 0 Å². The van der Waals surface area contributed by atoms with Crippen LogP contribution in [-0.4, -0.2) is 321 Å². The fraction of sp³-hybridized carbons (Fsp3) is 0.625. The molecule has 3 fully saturated rings. The zero-order chi connectivity index (χ0) is 103. The number of aliphatic carboxylic acids is 4. The minimum atomic E-state index is -1.95. The van der Waals surface area contributed by atoms with E-state index in [1.165, 1.54) is 48.0 Å². The first-order valence-corrected chi connectivity index (χ1v) is 49.5. The number of H-pyrrole nitrogens is 2. The number of amides is 14. The van der Waals surface area contributed by atoms with Crippen LogP contribution < -0.4 is 80.6 Å². The zero-order valence-corrected chi connectivity index (χ0v) is 81.1. The smallest absolute Gasteiger partial charge is 0.317 e. The van der Waals surface area contributed by atoms with Gasteiger partial charge in [0.25, 0.3) is 0 Å². The fourth-order valence-corrected chi connectivity index (χ4v) is 17.3. The quantitative estimate of drug-likeness (QED) is 0.0160. The molecular weight excluding hydrogens is 1850 g/mol. The second-order valence-electron chi connectivity index (χ2n) is 36.1. The number of ether oxygens (including phenoxy) is 2. The molecule has 5 heterocycles. The van der Waals surface area contributed by atoms with Gasteiger partial charge < -0.3 is 130 Å².